The summed E-state index contributed by atoms with van der Waals surface area (Å²) in [6.45, 7) is 2.15. The number of para-hydroxylation sites is 2. The first kappa shape index (κ1) is 25.8. The van der Waals surface area contributed by atoms with Crippen molar-refractivity contribution in [1.82, 2.24) is 0 Å². The number of hydrogen-bond donors (Lipinski definition) is 1. The summed E-state index contributed by atoms with van der Waals surface area (Å²) in [6.07, 6.45) is 0. The number of amides is 1. The van der Waals surface area contributed by atoms with Crippen LogP contribution in [0.1, 0.15) is 12.5 Å². The second-order valence-corrected chi connectivity index (χ2v) is 9.93. The van der Waals surface area contributed by atoms with Gasteiger partial charge in [0, 0.05) is 5.69 Å². The first-order chi connectivity index (χ1) is 18.0. The Balaban J connectivity index is 1.51. The molecule has 0 bridgehead atoms. The quantitative estimate of drug-likeness (QED) is 0.285. The highest BCUT2D eigenvalue weighted by Crippen LogP contribution is 2.32. The monoisotopic (exact) mass is 516 g/mol. The molecule has 0 unspecified atom stereocenters. The van der Waals surface area contributed by atoms with Gasteiger partial charge >= 0.3 is 0 Å². The molecular weight excluding hydrogens is 488 g/mol. The molecule has 4 aromatic rings. The van der Waals surface area contributed by atoms with Crippen LogP contribution in [0.4, 0.5) is 11.4 Å². The fourth-order valence-corrected chi connectivity index (χ4v) is 5.12. The van der Waals surface area contributed by atoms with Gasteiger partial charge in [-0.3, -0.25) is 9.10 Å². The number of nitrogens with one attached hydrogen (secondary N) is 1. The Kier molecular flexibility index (Phi) is 8.43. The molecule has 1 N–H and O–H groups in total. The summed E-state index contributed by atoms with van der Waals surface area (Å²) in [5, 5.41) is 2.78. The van der Waals surface area contributed by atoms with Crippen LogP contribution >= 0.6 is 0 Å². The van der Waals surface area contributed by atoms with E-state index in [1.807, 2.05) is 37.3 Å². The molecule has 0 spiro atoms. The summed E-state index contributed by atoms with van der Waals surface area (Å²) in [7, 11) is -4.05. The molecule has 0 atom stereocenters. The van der Waals surface area contributed by atoms with Crippen LogP contribution in [0, 0.1) is 0 Å². The van der Waals surface area contributed by atoms with Crippen LogP contribution in [0.15, 0.2) is 114 Å². The average Bonchev–Trinajstić information content (AvgIpc) is 2.93. The number of hydrogen-bond acceptors (Lipinski definition) is 5. The number of rotatable bonds is 11. The number of nitrogens with zero attached hydrogens (tertiary/aromatic N) is 1. The predicted molar refractivity (Wildman–Crippen MR) is 144 cm³/mol. The SMILES string of the molecule is CCOc1ccccc1N(CC(=O)Nc1ccc(OCc2ccccc2)cc1)S(=O)(=O)c1ccccc1. The Morgan fingerprint density at radius 2 is 1.41 bits per heavy atom. The number of sulfonamides is 1. The minimum absolute atomic E-state index is 0.0778. The molecule has 0 aliphatic rings. The van der Waals surface area contributed by atoms with Crippen LogP contribution in [-0.4, -0.2) is 27.5 Å². The molecule has 7 nitrogen and oxygen atoms in total. The maximum absolute atomic E-state index is 13.6. The van der Waals surface area contributed by atoms with Crippen molar-refractivity contribution in [3.63, 3.8) is 0 Å². The number of carbonyl (C=O) groups excluding carboxylic acids is 1. The highest BCUT2D eigenvalue weighted by molar-refractivity contribution is 7.92. The summed E-state index contributed by atoms with van der Waals surface area (Å²) in [5.74, 6) is 0.529. The van der Waals surface area contributed by atoms with Crippen molar-refractivity contribution in [2.24, 2.45) is 0 Å². The van der Waals surface area contributed by atoms with Crippen LogP contribution in [0.5, 0.6) is 11.5 Å². The van der Waals surface area contributed by atoms with Gasteiger partial charge < -0.3 is 14.8 Å². The van der Waals surface area contributed by atoms with E-state index >= 15 is 0 Å². The molecule has 0 aromatic heterocycles. The lowest BCUT2D eigenvalue weighted by Gasteiger charge is -2.26. The van der Waals surface area contributed by atoms with Gasteiger partial charge in [0.05, 0.1) is 17.2 Å². The molecule has 4 rings (SSSR count). The fraction of sp³-hybridized carbons (Fsp3) is 0.138. The van der Waals surface area contributed by atoms with E-state index in [-0.39, 0.29) is 10.6 Å². The lowest BCUT2D eigenvalue weighted by molar-refractivity contribution is -0.114. The summed E-state index contributed by atoms with van der Waals surface area (Å²) < 4.78 is 39.7. The second-order valence-electron chi connectivity index (χ2n) is 8.07. The smallest absolute Gasteiger partial charge is 0.264 e. The van der Waals surface area contributed by atoms with Crippen molar-refractivity contribution in [3.8, 4) is 11.5 Å². The van der Waals surface area contributed by atoms with Gasteiger partial charge in [0.1, 0.15) is 24.7 Å². The molecule has 0 heterocycles. The van der Waals surface area contributed by atoms with Crippen LogP contribution in [0.2, 0.25) is 0 Å². The summed E-state index contributed by atoms with van der Waals surface area (Å²) >= 11 is 0. The highest BCUT2D eigenvalue weighted by atomic mass is 32.2. The second kappa shape index (κ2) is 12.1. The van der Waals surface area contributed by atoms with Crippen molar-refractivity contribution in [2.75, 3.05) is 22.8 Å². The molecule has 37 heavy (non-hydrogen) atoms. The molecule has 8 heteroatoms. The van der Waals surface area contributed by atoms with E-state index in [9.17, 15) is 13.2 Å². The van der Waals surface area contributed by atoms with E-state index in [1.54, 1.807) is 66.7 Å². The Morgan fingerprint density at radius 1 is 0.784 bits per heavy atom. The van der Waals surface area contributed by atoms with Gasteiger partial charge in [0.15, 0.2) is 0 Å². The molecule has 0 saturated heterocycles. The Morgan fingerprint density at radius 3 is 2.08 bits per heavy atom. The number of carbonyl (C=O) groups is 1. The van der Waals surface area contributed by atoms with Crippen LogP contribution in [0.25, 0.3) is 0 Å². The number of ether oxygens (including phenoxy) is 2. The zero-order valence-corrected chi connectivity index (χ0v) is 21.2. The van der Waals surface area contributed by atoms with Crippen molar-refractivity contribution in [1.29, 1.82) is 0 Å². The van der Waals surface area contributed by atoms with Gasteiger partial charge in [0.2, 0.25) is 5.91 Å². The molecule has 0 fully saturated rings. The third-order valence-electron chi connectivity index (χ3n) is 5.44. The third-order valence-corrected chi connectivity index (χ3v) is 7.21. The van der Waals surface area contributed by atoms with Gasteiger partial charge in [-0.15, -0.1) is 0 Å². The number of anilines is 2. The molecule has 190 valence electrons. The van der Waals surface area contributed by atoms with Crippen molar-refractivity contribution < 1.29 is 22.7 Å². The normalized spacial score (nSPS) is 10.9. The van der Waals surface area contributed by atoms with E-state index in [0.29, 0.717) is 30.4 Å². The lowest BCUT2D eigenvalue weighted by Crippen LogP contribution is -2.38. The van der Waals surface area contributed by atoms with Crippen molar-refractivity contribution in [2.45, 2.75) is 18.4 Å². The van der Waals surface area contributed by atoms with E-state index in [4.69, 9.17) is 9.47 Å². The van der Waals surface area contributed by atoms with Crippen LogP contribution < -0.4 is 19.1 Å². The maximum atomic E-state index is 13.6. The maximum Gasteiger partial charge on any atom is 0.264 e. The molecule has 4 aromatic carbocycles. The van der Waals surface area contributed by atoms with Crippen LogP contribution in [-0.2, 0) is 21.4 Å². The molecule has 0 aliphatic carbocycles. The summed E-state index contributed by atoms with van der Waals surface area (Å²) in [6, 6.07) is 31.5. The Labute approximate surface area is 217 Å². The van der Waals surface area contributed by atoms with E-state index in [0.717, 1.165) is 9.87 Å². The molecule has 0 aliphatic heterocycles. The van der Waals surface area contributed by atoms with Gasteiger partial charge in [0.25, 0.3) is 10.0 Å². The van der Waals surface area contributed by atoms with Crippen LogP contribution in [0.3, 0.4) is 0 Å². The Hall–Kier alpha value is -4.30. The van der Waals surface area contributed by atoms with Gasteiger partial charge in [-0.2, -0.15) is 0 Å². The third kappa shape index (κ3) is 6.68. The summed E-state index contributed by atoms with van der Waals surface area (Å²) in [5.41, 5.74) is 1.85. The topological polar surface area (TPSA) is 84.9 Å². The van der Waals surface area contributed by atoms with Crippen molar-refractivity contribution in [3.05, 3.63) is 115 Å². The van der Waals surface area contributed by atoms with Crippen molar-refractivity contribution >= 4 is 27.3 Å². The molecule has 0 saturated carbocycles. The lowest BCUT2D eigenvalue weighted by atomic mass is 10.2. The Bertz CT molecular complexity index is 1410. The standard InChI is InChI=1S/C29H28N2O5S/c1-2-35-28-16-10-9-15-27(28)31(37(33,34)26-13-7-4-8-14-26)21-29(32)30-24-17-19-25(20-18-24)36-22-23-11-5-3-6-12-23/h3-20H,2,21-22H2,1H3,(H,30,32). The number of benzene rings is 4. The zero-order chi connectivity index (χ0) is 26.1. The minimum atomic E-state index is -4.05. The van der Waals surface area contributed by atoms with Gasteiger partial charge in [-0.25, -0.2) is 8.42 Å². The first-order valence-corrected chi connectivity index (χ1v) is 13.3. The highest BCUT2D eigenvalue weighted by Gasteiger charge is 2.29. The van der Waals surface area contributed by atoms with Gasteiger partial charge in [-0.05, 0) is 61.0 Å². The molecule has 1 amide bonds. The van der Waals surface area contributed by atoms with E-state index in [1.165, 1.54) is 12.1 Å². The predicted octanol–water partition coefficient (Wildman–Crippen LogP) is 5.50. The largest absolute Gasteiger partial charge is 0.492 e. The minimum Gasteiger partial charge on any atom is -0.492 e. The molecule has 0 radical (unpaired) electrons. The van der Waals surface area contributed by atoms with E-state index in [2.05, 4.69) is 5.32 Å². The summed E-state index contributed by atoms with van der Waals surface area (Å²) in [4.78, 5) is 13.1. The average molecular weight is 517 g/mol. The molecular formula is C29H28N2O5S. The zero-order valence-electron chi connectivity index (χ0n) is 20.4. The first-order valence-electron chi connectivity index (χ1n) is 11.8. The fourth-order valence-electron chi connectivity index (χ4n) is 3.67. The van der Waals surface area contributed by atoms with E-state index < -0.39 is 22.5 Å². The van der Waals surface area contributed by atoms with Gasteiger partial charge in [-0.1, -0.05) is 60.7 Å².